The van der Waals surface area contributed by atoms with Gasteiger partial charge >= 0.3 is 0 Å². The summed E-state index contributed by atoms with van der Waals surface area (Å²) < 4.78 is 9.01. The maximum Gasteiger partial charge on any atom is 0.210 e. The van der Waals surface area contributed by atoms with E-state index in [-0.39, 0.29) is 11.5 Å². The highest BCUT2D eigenvalue weighted by molar-refractivity contribution is 7.99. The van der Waals surface area contributed by atoms with Crippen LogP contribution in [-0.4, -0.2) is 36.3 Å². The van der Waals surface area contributed by atoms with Crippen LogP contribution in [0.15, 0.2) is 46.7 Å². The van der Waals surface area contributed by atoms with Crippen molar-refractivity contribution in [1.29, 1.82) is 0 Å². The van der Waals surface area contributed by atoms with Crippen LogP contribution >= 0.6 is 11.8 Å². The highest BCUT2D eigenvalue weighted by atomic mass is 32.2. The molecule has 0 unspecified atom stereocenters. The van der Waals surface area contributed by atoms with Crippen molar-refractivity contribution in [3.05, 3.63) is 59.8 Å². The fourth-order valence-corrected chi connectivity index (χ4v) is 3.41. The molecule has 0 saturated carbocycles. The molecule has 0 amide bonds. The van der Waals surface area contributed by atoms with Gasteiger partial charge in [0.25, 0.3) is 0 Å². The number of hydrogen-bond donors (Lipinski definition) is 0. The summed E-state index contributed by atoms with van der Waals surface area (Å²) in [6.07, 6.45) is 3.43. The first-order chi connectivity index (χ1) is 12.1. The number of rotatable bonds is 8. The summed E-state index contributed by atoms with van der Waals surface area (Å²) in [6, 6.07) is 5.60. The van der Waals surface area contributed by atoms with Gasteiger partial charge in [0, 0.05) is 23.5 Å². The van der Waals surface area contributed by atoms with Gasteiger partial charge in [0.2, 0.25) is 5.16 Å². The number of ketones is 1. The van der Waals surface area contributed by atoms with E-state index < -0.39 is 0 Å². The fourth-order valence-electron chi connectivity index (χ4n) is 2.65. The van der Waals surface area contributed by atoms with Gasteiger partial charge in [0.05, 0.1) is 12.0 Å². The van der Waals surface area contributed by atoms with Crippen molar-refractivity contribution >= 4 is 17.5 Å². The molecule has 0 fully saturated rings. The smallest absolute Gasteiger partial charge is 0.210 e. The Morgan fingerprint density at radius 2 is 2.28 bits per heavy atom. The third kappa shape index (κ3) is 3.74. The second kappa shape index (κ2) is 7.52. The summed E-state index contributed by atoms with van der Waals surface area (Å²) in [4.78, 5) is 12.6. The number of carbonyl (C=O) groups excluding carboxylic acids is 1. The van der Waals surface area contributed by atoms with E-state index in [4.69, 9.17) is 4.42 Å². The average molecular weight is 357 g/mol. The molecule has 0 aliphatic carbocycles. The monoisotopic (exact) mass is 357 g/mol. The zero-order valence-corrected chi connectivity index (χ0v) is 15.0. The molecule has 0 aromatic carbocycles. The normalized spacial score (nSPS) is 11.0. The number of hydrogen-bond acceptors (Lipinski definition) is 6. The molecular formula is C17H19N5O2S. The molecule has 0 atom stereocenters. The molecule has 3 heterocycles. The van der Waals surface area contributed by atoms with Gasteiger partial charge in [-0.1, -0.05) is 17.8 Å². The molecular weight excluding hydrogens is 338 g/mol. The fraction of sp³-hybridized carbons (Fsp3) is 0.294. The number of nitrogens with zero attached hydrogens (tertiary/aromatic N) is 5. The number of aromatic nitrogens is 5. The Morgan fingerprint density at radius 1 is 1.44 bits per heavy atom. The third-order valence-electron chi connectivity index (χ3n) is 3.90. The molecule has 0 saturated heterocycles. The molecule has 0 bridgehead atoms. The van der Waals surface area contributed by atoms with E-state index in [0.717, 1.165) is 22.7 Å². The molecule has 7 nitrogen and oxygen atoms in total. The van der Waals surface area contributed by atoms with Crippen LogP contribution in [0.25, 0.3) is 0 Å². The molecule has 0 spiro atoms. The Hall–Kier alpha value is -2.61. The van der Waals surface area contributed by atoms with Crippen molar-refractivity contribution in [2.75, 3.05) is 5.75 Å². The number of Topliss-reactive ketones (excluding diaryl/α,β-unsaturated/α-hetero) is 1. The Morgan fingerprint density at radius 3 is 3.00 bits per heavy atom. The maximum absolute atomic E-state index is 12.6. The van der Waals surface area contributed by atoms with Gasteiger partial charge in [0.15, 0.2) is 5.78 Å². The van der Waals surface area contributed by atoms with E-state index in [9.17, 15) is 4.79 Å². The van der Waals surface area contributed by atoms with Crippen molar-refractivity contribution in [1.82, 2.24) is 24.8 Å². The summed E-state index contributed by atoms with van der Waals surface area (Å²) in [5.74, 6) is 1.09. The Balaban J connectivity index is 1.68. The maximum atomic E-state index is 12.6. The molecule has 0 radical (unpaired) electrons. The first-order valence-corrected chi connectivity index (χ1v) is 8.81. The highest BCUT2D eigenvalue weighted by Crippen LogP contribution is 2.21. The van der Waals surface area contributed by atoms with Gasteiger partial charge in [-0.2, -0.15) is 0 Å². The minimum atomic E-state index is 0.0564. The van der Waals surface area contributed by atoms with E-state index in [1.54, 1.807) is 10.9 Å². The lowest BCUT2D eigenvalue weighted by Gasteiger charge is -2.06. The number of allylic oxidation sites excluding steroid dienone is 1. The average Bonchev–Trinajstić information content (AvgIpc) is 3.31. The summed E-state index contributed by atoms with van der Waals surface area (Å²) in [5, 5.41) is 12.2. The summed E-state index contributed by atoms with van der Waals surface area (Å²) in [5.41, 5.74) is 2.74. The molecule has 3 rings (SSSR count). The van der Waals surface area contributed by atoms with Gasteiger partial charge in [-0.25, -0.2) is 4.68 Å². The van der Waals surface area contributed by atoms with Crippen LogP contribution in [0.1, 0.15) is 27.5 Å². The quantitative estimate of drug-likeness (QED) is 0.350. The Kier molecular flexibility index (Phi) is 5.18. The second-order valence-corrected chi connectivity index (χ2v) is 6.54. The van der Waals surface area contributed by atoms with E-state index in [1.165, 1.54) is 11.8 Å². The van der Waals surface area contributed by atoms with Crippen LogP contribution in [0.3, 0.4) is 0 Å². The Labute approximate surface area is 149 Å². The molecule has 3 aromatic rings. The lowest BCUT2D eigenvalue weighted by molar-refractivity contribution is 0.102. The van der Waals surface area contributed by atoms with Crippen molar-refractivity contribution in [2.24, 2.45) is 0 Å². The standard InChI is InChI=1S/C17H19N5O2S/c1-4-7-21-12(2)9-15(13(21)3)16(23)11-25-17-18-19-20-22(17)10-14-6-5-8-24-14/h4-6,8-9H,1,7,10-11H2,2-3H3. The first kappa shape index (κ1) is 17.2. The van der Waals surface area contributed by atoms with E-state index in [1.807, 2.05) is 38.1 Å². The van der Waals surface area contributed by atoms with Gasteiger partial charge in [0.1, 0.15) is 12.3 Å². The topological polar surface area (TPSA) is 78.7 Å². The zero-order valence-electron chi connectivity index (χ0n) is 14.2. The highest BCUT2D eigenvalue weighted by Gasteiger charge is 2.17. The lowest BCUT2D eigenvalue weighted by Crippen LogP contribution is -2.08. The largest absolute Gasteiger partial charge is 0.467 e. The van der Waals surface area contributed by atoms with E-state index in [2.05, 4.69) is 26.7 Å². The van der Waals surface area contributed by atoms with Crippen molar-refractivity contribution < 1.29 is 9.21 Å². The molecule has 0 N–H and O–H groups in total. The van der Waals surface area contributed by atoms with Gasteiger partial charge in [-0.05, 0) is 42.5 Å². The van der Waals surface area contributed by atoms with Crippen LogP contribution < -0.4 is 0 Å². The van der Waals surface area contributed by atoms with Crippen molar-refractivity contribution in [3.63, 3.8) is 0 Å². The number of aryl methyl sites for hydroxylation is 1. The SMILES string of the molecule is C=CCn1c(C)cc(C(=O)CSc2nnnn2Cc2ccco2)c1C. The van der Waals surface area contributed by atoms with E-state index in [0.29, 0.717) is 18.2 Å². The van der Waals surface area contributed by atoms with Crippen LogP contribution in [0, 0.1) is 13.8 Å². The van der Waals surface area contributed by atoms with Crippen LogP contribution in [0.2, 0.25) is 0 Å². The lowest BCUT2D eigenvalue weighted by atomic mass is 10.2. The molecule has 0 aliphatic heterocycles. The first-order valence-electron chi connectivity index (χ1n) is 7.82. The molecule has 25 heavy (non-hydrogen) atoms. The van der Waals surface area contributed by atoms with Gasteiger partial charge in [-0.3, -0.25) is 4.79 Å². The minimum absolute atomic E-state index is 0.0564. The van der Waals surface area contributed by atoms with Crippen LogP contribution in [-0.2, 0) is 13.1 Å². The predicted molar refractivity (Wildman–Crippen MR) is 94.8 cm³/mol. The third-order valence-corrected chi connectivity index (χ3v) is 4.86. The molecule has 130 valence electrons. The summed E-state index contributed by atoms with van der Waals surface area (Å²) >= 11 is 1.32. The predicted octanol–water partition coefficient (Wildman–Crippen LogP) is 2.89. The van der Waals surface area contributed by atoms with Crippen molar-refractivity contribution in [3.8, 4) is 0 Å². The van der Waals surface area contributed by atoms with E-state index >= 15 is 0 Å². The molecule has 3 aromatic heterocycles. The zero-order chi connectivity index (χ0) is 17.8. The summed E-state index contributed by atoms with van der Waals surface area (Å²) in [6.45, 7) is 8.83. The second-order valence-electron chi connectivity index (χ2n) is 5.59. The van der Waals surface area contributed by atoms with Crippen molar-refractivity contribution in [2.45, 2.75) is 32.1 Å². The van der Waals surface area contributed by atoms with Crippen LogP contribution in [0.5, 0.6) is 0 Å². The number of carbonyl (C=O) groups is 1. The number of thioether (sulfide) groups is 1. The summed E-state index contributed by atoms with van der Waals surface area (Å²) in [7, 11) is 0. The number of tetrazole rings is 1. The van der Waals surface area contributed by atoms with Crippen LogP contribution in [0.4, 0.5) is 0 Å². The molecule has 8 heteroatoms. The Bertz CT molecular complexity index is 879. The minimum Gasteiger partial charge on any atom is -0.467 e. The molecule has 0 aliphatic rings. The number of furan rings is 1. The van der Waals surface area contributed by atoms with Gasteiger partial charge < -0.3 is 8.98 Å². The van der Waals surface area contributed by atoms with Gasteiger partial charge in [-0.15, -0.1) is 11.7 Å².